The van der Waals surface area contributed by atoms with E-state index in [1.54, 1.807) is 49.4 Å². The Balaban J connectivity index is 1.84. The Bertz CT molecular complexity index is 1770. The summed E-state index contributed by atoms with van der Waals surface area (Å²) < 4.78 is 29.6. The number of carbonyl (C=O) groups excluding carboxylic acids is 2. The van der Waals surface area contributed by atoms with Crippen LogP contribution in [0.1, 0.15) is 42.5 Å². The van der Waals surface area contributed by atoms with E-state index in [-0.39, 0.29) is 35.5 Å². The van der Waals surface area contributed by atoms with Crippen LogP contribution in [0.4, 0.5) is 5.69 Å². The van der Waals surface area contributed by atoms with Gasteiger partial charge in [-0.15, -0.1) is 0 Å². The predicted octanol–water partition coefficient (Wildman–Crippen LogP) is 7.36. The molecule has 0 aromatic heterocycles. The standard InChI is InChI=1S/C36H39Cl2N3O4S/c1-5-27(4)39-36(43)34(21-28-10-7-6-8-11-28)40(23-29-12-9-13-30(37)20-29)35(42)24-41(33-22-31(38)17-16-26(33)3)46(44,45)32-18-14-25(2)15-19-32/h6-20,22,27,34H,5,21,23-24H2,1-4H3,(H,39,43). The number of rotatable bonds is 13. The molecule has 2 unspecified atom stereocenters. The van der Waals surface area contributed by atoms with Gasteiger partial charge in [0.05, 0.1) is 10.6 Å². The number of sulfonamides is 1. The number of hydrogen-bond acceptors (Lipinski definition) is 4. The number of nitrogens with zero attached hydrogens (tertiary/aromatic N) is 2. The van der Waals surface area contributed by atoms with Crippen molar-refractivity contribution in [1.29, 1.82) is 0 Å². The first-order valence-electron chi connectivity index (χ1n) is 15.1. The Morgan fingerprint density at radius 2 is 1.48 bits per heavy atom. The molecule has 0 aliphatic rings. The normalized spacial score (nSPS) is 12.7. The number of carbonyl (C=O) groups is 2. The maximum absolute atomic E-state index is 14.6. The van der Waals surface area contributed by atoms with Gasteiger partial charge in [0.2, 0.25) is 11.8 Å². The second-order valence-corrected chi connectivity index (χ2v) is 14.2. The summed E-state index contributed by atoms with van der Waals surface area (Å²) in [7, 11) is -4.24. The average molecular weight is 681 g/mol. The van der Waals surface area contributed by atoms with Crippen molar-refractivity contribution >= 4 is 50.7 Å². The molecule has 0 saturated heterocycles. The van der Waals surface area contributed by atoms with Crippen molar-refractivity contribution < 1.29 is 18.0 Å². The minimum atomic E-state index is -4.24. The quantitative estimate of drug-likeness (QED) is 0.160. The molecule has 0 aliphatic heterocycles. The van der Waals surface area contributed by atoms with Crippen LogP contribution >= 0.6 is 23.2 Å². The van der Waals surface area contributed by atoms with Gasteiger partial charge in [-0.1, -0.05) is 96.4 Å². The molecule has 4 aromatic carbocycles. The molecular weight excluding hydrogens is 641 g/mol. The van der Waals surface area contributed by atoms with Crippen LogP contribution in [0, 0.1) is 13.8 Å². The van der Waals surface area contributed by atoms with Gasteiger partial charge in [-0.2, -0.15) is 0 Å². The molecule has 10 heteroatoms. The van der Waals surface area contributed by atoms with E-state index in [0.29, 0.717) is 27.6 Å². The first-order chi connectivity index (χ1) is 21.9. The molecule has 4 rings (SSSR count). The van der Waals surface area contributed by atoms with Crippen molar-refractivity contribution in [1.82, 2.24) is 10.2 Å². The number of anilines is 1. The third kappa shape index (κ3) is 8.90. The van der Waals surface area contributed by atoms with Crippen LogP contribution in [-0.2, 0) is 32.6 Å². The van der Waals surface area contributed by atoms with E-state index in [2.05, 4.69) is 5.32 Å². The van der Waals surface area contributed by atoms with E-state index in [9.17, 15) is 18.0 Å². The number of halogens is 2. The number of hydrogen-bond donors (Lipinski definition) is 1. The molecule has 0 aliphatic carbocycles. The zero-order valence-electron chi connectivity index (χ0n) is 26.4. The highest BCUT2D eigenvalue weighted by atomic mass is 35.5. The largest absolute Gasteiger partial charge is 0.352 e. The van der Waals surface area contributed by atoms with Gasteiger partial charge < -0.3 is 10.2 Å². The second-order valence-electron chi connectivity index (χ2n) is 11.4. The lowest BCUT2D eigenvalue weighted by Gasteiger charge is -2.34. The fourth-order valence-corrected chi connectivity index (χ4v) is 6.88. The Labute approximate surface area is 282 Å². The van der Waals surface area contributed by atoms with E-state index in [0.717, 1.165) is 15.4 Å². The molecule has 4 aromatic rings. The maximum Gasteiger partial charge on any atom is 0.264 e. The summed E-state index contributed by atoms with van der Waals surface area (Å²) >= 11 is 12.7. The fraction of sp³-hybridized carbons (Fsp3) is 0.278. The first kappa shape index (κ1) is 35.0. The van der Waals surface area contributed by atoms with Gasteiger partial charge in [-0.25, -0.2) is 8.42 Å². The van der Waals surface area contributed by atoms with Gasteiger partial charge >= 0.3 is 0 Å². The third-order valence-corrected chi connectivity index (χ3v) is 10.1. The van der Waals surface area contributed by atoms with Crippen LogP contribution in [0.5, 0.6) is 0 Å². The van der Waals surface area contributed by atoms with Crippen molar-refractivity contribution in [2.45, 2.75) is 64.1 Å². The molecule has 0 fully saturated rings. The Morgan fingerprint density at radius 1 is 0.826 bits per heavy atom. The summed E-state index contributed by atoms with van der Waals surface area (Å²) in [4.78, 5) is 30.0. The third-order valence-electron chi connectivity index (χ3n) is 7.84. The van der Waals surface area contributed by atoms with Crippen molar-refractivity contribution in [3.05, 3.63) is 129 Å². The molecule has 0 radical (unpaired) electrons. The van der Waals surface area contributed by atoms with Gasteiger partial charge in [0.1, 0.15) is 12.6 Å². The van der Waals surface area contributed by atoms with E-state index < -0.39 is 28.5 Å². The molecule has 7 nitrogen and oxygen atoms in total. The zero-order chi connectivity index (χ0) is 33.4. The molecule has 46 heavy (non-hydrogen) atoms. The summed E-state index contributed by atoms with van der Waals surface area (Å²) in [5, 5.41) is 3.84. The van der Waals surface area contributed by atoms with Gasteiger partial charge in [0.25, 0.3) is 10.0 Å². The van der Waals surface area contributed by atoms with Crippen LogP contribution in [-0.4, -0.2) is 43.8 Å². The van der Waals surface area contributed by atoms with Crippen LogP contribution in [0.3, 0.4) is 0 Å². The summed E-state index contributed by atoms with van der Waals surface area (Å²) in [5.74, 6) is -0.893. The zero-order valence-corrected chi connectivity index (χ0v) is 28.7. The smallest absolute Gasteiger partial charge is 0.264 e. The van der Waals surface area contributed by atoms with E-state index >= 15 is 0 Å². The number of aryl methyl sites for hydroxylation is 2. The van der Waals surface area contributed by atoms with Crippen molar-refractivity contribution in [3.63, 3.8) is 0 Å². The predicted molar refractivity (Wildman–Crippen MR) is 186 cm³/mol. The van der Waals surface area contributed by atoms with Crippen molar-refractivity contribution in [2.75, 3.05) is 10.8 Å². The average Bonchev–Trinajstić information content (AvgIpc) is 3.03. The van der Waals surface area contributed by atoms with Crippen molar-refractivity contribution in [3.8, 4) is 0 Å². The van der Waals surface area contributed by atoms with Gasteiger partial charge in [-0.05, 0) is 80.3 Å². The lowest BCUT2D eigenvalue weighted by Crippen LogP contribution is -2.54. The molecule has 0 saturated carbocycles. The monoisotopic (exact) mass is 679 g/mol. The number of benzene rings is 4. The first-order valence-corrected chi connectivity index (χ1v) is 17.3. The fourth-order valence-electron chi connectivity index (χ4n) is 5.03. The van der Waals surface area contributed by atoms with E-state index in [1.165, 1.54) is 23.1 Å². The highest BCUT2D eigenvalue weighted by Gasteiger charge is 2.35. The molecular formula is C36H39Cl2N3O4S. The lowest BCUT2D eigenvalue weighted by atomic mass is 10.0. The summed E-state index contributed by atoms with van der Waals surface area (Å²) in [5.41, 5.74) is 3.33. The van der Waals surface area contributed by atoms with Crippen LogP contribution in [0.2, 0.25) is 10.0 Å². The van der Waals surface area contributed by atoms with E-state index in [4.69, 9.17) is 23.2 Å². The Morgan fingerprint density at radius 3 is 2.13 bits per heavy atom. The minimum absolute atomic E-state index is 0.0256. The number of nitrogens with one attached hydrogen (secondary N) is 1. The number of amides is 2. The lowest BCUT2D eigenvalue weighted by molar-refractivity contribution is -0.140. The maximum atomic E-state index is 14.6. The Kier molecular flexibility index (Phi) is 11.9. The van der Waals surface area contributed by atoms with Gasteiger partial charge in [0, 0.05) is 29.1 Å². The Hall–Kier alpha value is -3.85. The molecule has 0 bridgehead atoms. The molecule has 0 heterocycles. The van der Waals surface area contributed by atoms with Gasteiger partial charge in [-0.3, -0.25) is 13.9 Å². The van der Waals surface area contributed by atoms with Crippen LogP contribution < -0.4 is 9.62 Å². The highest BCUT2D eigenvalue weighted by Crippen LogP contribution is 2.30. The minimum Gasteiger partial charge on any atom is -0.352 e. The molecule has 1 N–H and O–H groups in total. The molecule has 2 amide bonds. The van der Waals surface area contributed by atoms with Crippen LogP contribution in [0.15, 0.2) is 102 Å². The summed E-state index contributed by atoms with van der Waals surface area (Å²) in [6.45, 7) is 6.95. The van der Waals surface area contributed by atoms with Crippen molar-refractivity contribution in [2.24, 2.45) is 0 Å². The van der Waals surface area contributed by atoms with Gasteiger partial charge in [0.15, 0.2) is 0 Å². The second kappa shape index (κ2) is 15.6. The SMILES string of the molecule is CCC(C)NC(=O)C(Cc1ccccc1)N(Cc1cccc(Cl)c1)C(=O)CN(c1cc(Cl)ccc1C)S(=O)(=O)c1ccc(C)cc1. The molecule has 2 atom stereocenters. The van der Waals surface area contributed by atoms with E-state index in [1.807, 2.05) is 57.2 Å². The molecule has 242 valence electrons. The topological polar surface area (TPSA) is 86.8 Å². The highest BCUT2D eigenvalue weighted by molar-refractivity contribution is 7.92. The summed E-state index contributed by atoms with van der Waals surface area (Å²) in [6.07, 6.45) is 0.916. The summed E-state index contributed by atoms with van der Waals surface area (Å²) in [6, 6.07) is 26.8. The van der Waals surface area contributed by atoms with Crippen LogP contribution in [0.25, 0.3) is 0 Å². The molecule has 0 spiro atoms.